The van der Waals surface area contributed by atoms with Gasteiger partial charge in [0.15, 0.2) is 22.7 Å². The van der Waals surface area contributed by atoms with Crippen molar-refractivity contribution in [1.29, 1.82) is 0 Å². The monoisotopic (exact) mass is 491 g/mol. The molecule has 0 saturated carbocycles. The highest BCUT2D eigenvalue weighted by Crippen LogP contribution is 2.34. The molecule has 0 aliphatic carbocycles. The zero-order valence-electron chi connectivity index (χ0n) is 18.9. The summed E-state index contributed by atoms with van der Waals surface area (Å²) in [4.78, 5) is 27.6. The van der Waals surface area contributed by atoms with Crippen molar-refractivity contribution in [1.82, 2.24) is 24.7 Å². The van der Waals surface area contributed by atoms with Gasteiger partial charge in [-0.2, -0.15) is 5.10 Å². The van der Waals surface area contributed by atoms with Crippen molar-refractivity contribution in [3.05, 3.63) is 75.5 Å². The molecule has 4 aromatic heterocycles. The second kappa shape index (κ2) is 8.24. The van der Waals surface area contributed by atoms with Gasteiger partial charge in [0.1, 0.15) is 11.5 Å². The molecule has 7 nitrogen and oxygen atoms in total. The van der Waals surface area contributed by atoms with Gasteiger partial charge in [0, 0.05) is 30.5 Å². The Labute approximate surface area is 202 Å². The summed E-state index contributed by atoms with van der Waals surface area (Å²) in [6.45, 7) is 4.87. The van der Waals surface area contributed by atoms with Gasteiger partial charge in [-0.25, -0.2) is 23.4 Å². The minimum Gasteiger partial charge on any atom is -0.381 e. The largest absolute Gasteiger partial charge is 0.381 e. The molecule has 0 N–H and O–H groups in total. The number of fused-ring (bicyclic) bond motifs is 2. The van der Waals surface area contributed by atoms with Gasteiger partial charge in [0.25, 0.3) is 0 Å². The first-order valence-electron chi connectivity index (χ1n) is 11.1. The van der Waals surface area contributed by atoms with Crippen LogP contribution in [0.15, 0.2) is 41.3 Å². The second-order valence-corrected chi connectivity index (χ2v) is 9.65. The van der Waals surface area contributed by atoms with E-state index < -0.39 is 17.1 Å². The molecule has 6 rings (SSSR count). The molecule has 0 radical (unpaired) electrons. The van der Waals surface area contributed by atoms with Crippen molar-refractivity contribution in [3.8, 4) is 16.3 Å². The first-order valence-corrected chi connectivity index (χ1v) is 11.9. The standard InChI is InChI=1S/C25H19F2N5O2S/c1-12-13(2)30-25-23(29-12)24(33)22(31-32(25)19-4-3-16(26)9-17(19)27)20-8-15-7-18(14-5-6-34-11-14)28-10-21(15)35-20/h3-4,7-10,14H,5-6,11H2,1-2H3/t14-/m1/s1. The summed E-state index contributed by atoms with van der Waals surface area (Å²) in [7, 11) is 0. The van der Waals surface area contributed by atoms with Gasteiger partial charge in [0.05, 0.1) is 27.6 Å². The Morgan fingerprint density at radius 1 is 1.11 bits per heavy atom. The van der Waals surface area contributed by atoms with Crippen LogP contribution in [0.2, 0.25) is 0 Å². The Balaban J connectivity index is 1.59. The topological polar surface area (TPSA) is 82.8 Å². The van der Waals surface area contributed by atoms with E-state index in [1.54, 1.807) is 20.0 Å². The fraction of sp³-hybridized carbons (Fsp3) is 0.240. The average molecular weight is 492 g/mol. The lowest BCUT2D eigenvalue weighted by Gasteiger charge is -2.12. The lowest BCUT2D eigenvalue weighted by Crippen LogP contribution is -2.19. The number of hydrogen-bond donors (Lipinski definition) is 0. The van der Waals surface area contributed by atoms with Gasteiger partial charge >= 0.3 is 0 Å². The molecule has 1 aliphatic heterocycles. The molecule has 176 valence electrons. The van der Waals surface area contributed by atoms with Crippen molar-refractivity contribution < 1.29 is 13.5 Å². The molecule has 0 unspecified atom stereocenters. The Morgan fingerprint density at radius 2 is 1.94 bits per heavy atom. The third-order valence-electron chi connectivity index (χ3n) is 6.26. The SMILES string of the molecule is Cc1nc2c(=O)c(-c3cc4cc([C@@H]5CCOC5)ncc4s3)nn(-c3ccc(F)cc3F)c2nc1C. The lowest BCUT2D eigenvalue weighted by atomic mass is 10.0. The molecule has 1 fully saturated rings. The number of aryl methyl sites for hydroxylation is 2. The van der Waals surface area contributed by atoms with E-state index in [1.807, 2.05) is 12.1 Å². The molecule has 1 aliphatic rings. The third kappa shape index (κ3) is 3.69. The Kier molecular flexibility index (Phi) is 5.15. The van der Waals surface area contributed by atoms with Crippen molar-refractivity contribution in [2.75, 3.05) is 13.2 Å². The number of benzene rings is 1. The predicted octanol–water partition coefficient (Wildman–Crippen LogP) is 4.85. The van der Waals surface area contributed by atoms with Crippen LogP contribution < -0.4 is 5.43 Å². The molecule has 0 bridgehead atoms. The summed E-state index contributed by atoms with van der Waals surface area (Å²) < 4.78 is 36.0. The van der Waals surface area contributed by atoms with Crippen molar-refractivity contribution >= 4 is 32.6 Å². The van der Waals surface area contributed by atoms with Gasteiger partial charge in [-0.15, -0.1) is 11.3 Å². The first-order chi connectivity index (χ1) is 16.9. The lowest BCUT2D eigenvalue weighted by molar-refractivity contribution is 0.193. The molecule has 5 aromatic rings. The van der Waals surface area contributed by atoms with Gasteiger partial charge < -0.3 is 4.74 Å². The Morgan fingerprint density at radius 3 is 2.71 bits per heavy atom. The molecule has 0 amide bonds. The highest BCUT2D eigenvalue weighted by Gasteiger charge is 2.22. The summed E-state index contributed by atoms with van der Waals surface area (Å²) in [6, 6.07) is 7.08. The quantitative estimate of drug-likeness (QED) is 0.359. The summed E-state index contributed by atoms with van der Waals surface area (Å²) in [5.41, 5.74) is 1.99. The summed E-state index contributed by atoms with van der Waals surface area (Å²) >= 11 is 1.37. The van der Waals surface area contributed by atoms with Crippen LogP contribution in [0.4, 0.5) is 8.78 Å². The summed E-state index contributed by atoms with van der Waals surface area (Å²) in [5.74, 6) is -1.28. The molecule has 1 aromatic carbocycles. The number of nitrogens with zero attached hydrogens (tertiary/aromatic N) is 5. The third-order valence-corrected chi connectivity index (χ3v) is 7.36. The van der Waals surface area contributed by atoms with E-state index in [9.17, 15) is 13.6 Å². The van der Waals surface area contributed by atoms with Crippen LogP contribution in [0.3, 0.4) is 0 Å². The van der Waals surface area contributed by atoms with E-state index in [0.717, 1.165) is 40.9 Å². The zero-order valence-corrected chi connectivity index (χ0v) is 19.7. The van der Waals surface area contributed by atoms with Crippen molar-refractivity contribution in [2.45, 2.75) is 26.2 Å². The number of ether oxygens (including phenoxy) is 1. The maximum Gasteiger partial charge on any atom is 0.236 e. The van der Waals surface area contributed by atoms with Gasteiger partial charge in [0.2, 0.25) is 5.43 Å². The first kappa shape index (κ1) is 21.9. The molecule has 1 atom stereocenters. The molecule has 5 heterocycles. The van der Waals surface area contributed by atoms with Crippen LogP contribution in [-0.2, 0) is 4.74 Å². The molecule has 35 heavy (non-hydrogen) atoms. The van der Waals surface area contributed by atoms with Crippen molar-refractivity contribution in [3.63, 3.8) is 0 Å². The molecular weight excluding hydrogens is 472 g/mol. The van der Waals surface area contributed by atoms with Crippen LogP contribution in [0.1, 0.15) is 29.4 Å². The Hall–Kier alpha value is -3.63. The zero-order chi connectivity index (χ0) is 24.3. The van der Waals surface area contributed by atoms with Crippen LogP contribution in [0.25, 0.3) is 37.5 Å². The van der Waals surface area contributed by atoms with E-state index in [2.05, 4.69) is 20.1 Å². The Bertz CT molecular complexity index is 1690. The van der Waals surface area contributed by atoms with E-state index in [-0.39, 0.29) is 28.5 Å². The number of halogens is 2. The smallest absolute Gasteiger partial charge is 0.236 e. The molecule has 0 spiro atoms. The van der Waals surface area contributed by atoms with Crippen LogP contribution in [0, 0.1) is 25.5 Å². The fourth-order valence-electron chi connectivity index (χ4n) is 4.25. The minimum atomic E-state index is -0.822. The van der Waals surface area contributed by atoms with E-state index in [4.69, 9.17) is 4.74 Å². The number of pyridine rings is 1. The summed E-state index contributed by atoms with van der Waals surface area (Å²) in [6.07, 6.45) is 2.72. The minimum absolute atomic E-state index is 0.0264. The summed E-state index contributed by atoms with van der Waals surface area (Å²) in [5, 5.41) is 5.45. The molecular formula is C25H19F2N5O2S. The maximum atomic E-state index is 14.8. The number of aromatic nitrogens is 5. The van der Waals surface area contributed by atoms with Crippen LogP contribution in [-0.4, -0.2) is 37.9 Å². The molecule has 10 heteroatoms. The average Bonchev–Trinajstić information content (AvgIpc) is 3.51. The normalized spacial score (nSPS) is 15.9. The second-order valence-electron chi connectivity index (χ2n) is 8.57. The number of thiophene rings is 1. The maximum absolute atomic E-state index is 14.8. The van der Waals surface area contributed by atoms with E-state index in [0.29, 0.717) is 22.9 Å². The van der Waals surface area contributed by atoms with E-state index in [1.165, 1.54) is 22.1 Å². The van der Waals surface area contributed by atoms with Gasteiger partial charge in [-0.3, -0.25) is 9.78 Å². The number of hydrogen-bond acceptors (Lipinski definition) is 7. The fourth-order valence-corrected chi connectivity index (χ4v) is 5.24. The van der Waals surface area contributed by atoms with E-state index >= 15 is 0 Å². The molecule has 1 saturated heterocycles. The van der Waals surface area contributed by atoms with Gasteiger partial charge in [-0.05, 0) is 49.9 Å². The van der Waals surface area contributed by atoms with Crippen LogP contribution >= 0.6 is 11.3 Å². The van der Waals surface area contributed by atoms with Crippen LogP contribution in [0.5, 0.6) is 0 Å². The predicted molar refractivity (Wildman–Crippen MR) is 129 cm³/mol. The highest BCUT2D eigenvalue weighted by atomic mass is 32.1. The number of rotatable bonds is 3. The van der Waals surface area contributed by atoms with Gasteiger partial charge in [-0.1, -0.05) is 0 Å². The van der Waals surface area contributed by atoms with Crippen molar-refractivity contribution in [2.24, 2.45) is 0 Å². The highest BCUT2D eigenvalue weighted by molar-refractivity contribution is 7.22.